The number of unbranched alkanes of at least 4 members (excludes halogenated alkanes) is 1. The zero-order chi connectivity index (χ0) is 10.9. The second kappa shape index (κ2) is 1.97. The molecule has 0 N–H and O–H groups in total. The second-order valence-electron chi connectivity index (χ2n) is 6.80. The van der Waals surface area contributed by atoms with Gasteiger partial charge in [-0.15, -0.1) is 0 Å². The number of rotatable bonds is 4. The Hall–Kier alpha value is -0.530. The molecule has 0 aromatic rings. The van der Waals surface area contributed by atoms with Crippen molar-refractivity contribution in [1.82, 2.24) is 0 Å². The third-order valence-electron chi connectivity index (χ3n) is 7.34. The van der Waals surface area contributed by atoms with E-state index < -0.39 is 0 Å². The maximum absolute atomic E-state index is 11.9. The normalized spacial score (nSPS) is 68.9. The van der Waals surface area contributed by atoms with Gasteiger partial charge in [0.25, 0.3) is 0 Å². The quantitative estimate of drug-likeness (QED) is 0.675. The molecule has 0 radical (unpaired) electrons. The van der Waals surface area contributed by atoms with Crippen molar-refractivity contribution >= 4 is 5.97 Å². The van der Waals surface area contributed by atoms with Gasteiger partial charge in [-0.3, -0.25) is 4.79 Å². The Kier molecular flexibility index (Phi) is 1.05. The van der Waals surface area contributed by atoms with Crippen molar-refractivity contribution in [3.05, 3.63) is 0 Å². The molecule has 0 heterocycles. The minimum atomic E-state index is 0.0860. The highest BCUT2D eigenvalue weighted by Gasteiger charge is 3.11. The van der Waals surface area contributed by atoms with Crippen LogP contribution in [0, 0.1) is 46.3 Å². The van der Waals surface area contributed by atoms with Crippen LogP contribution >= 0.6 is 0 Å². The minimum absolute atomic E-state index is 0.0860. The van der Waals surface area contributed by atoms with Crippen LogP contribution in [0.15, 0.2) is 0 Å². The minimum Gasteiger partial charge on any atom is -0.469 e. The first-order valence-corrected chi connectivity index (χ1v) is 6.86. The van der Waals surface area contributed by atoms with Gasteiger partial charge >= 0.3 is 5.97 Å². The number of hydrogen-bond acceptors (Lipinski definition) is 2. The molecule has 16 heavy (non-hydrogen) atoms. The van der Waals surface area contributed by atoms with Gasteiger partial charge in [-0.2, -0.15) is 0 Å². The van der Waals surface area contributed by atoms with Gasteiger partial charge in [0.1, 0.15) is 0 Å². The first kappa shape index (κ1) is 8.54. The van der Waals surface area contributed by atoms with E-state index in [1.54, 1.807) is 7.11 Å². The lowest BCUT2D eigenvalue weighted by atomic mass is 8.92. The molecule has 0 aliphatic heterocycles. The van der Waals surface area contributed by atoms with Gasteiger partial charge in [-0.1, -0.05) is 19.8 Å². The zero-order valence-electron chi connectivity index (χ0n) is 9.90. The van der Waals surface area contributed by atoms with E-state index >= 15 is 0 Å². The summed E-state index contributed by atoms with van der Waals surface area (Å²) in [5, 5.41) is 0. The summed E-state index contributed by atoms with van der Waals surface area (Å²) in [7, 11) is 1.57. The molecule has 0 saturated heterocycles. The number of methoxy groups -OCH3 is 1. The molecule has 2 nitrogen and oxygen atoms in total. The summed E-state index contributed by atoms with van der Waals surface area (Å²) in [6.07, 6.45) is 4.20. The summed E-state index contributed by atoms with van der Waals surface area (Å²) >= 11 is 0. The van der Waals surface area contributed by atoms with E-state index in [9.17, 15) is 4.79 Å². The Morgan fingerprint density at radius 3 is 2.12 bits per heavy atom. The first-order chi connectivity index (χ1) is 7.77. The van der Waals surface area contributed by atoms with Crippen molar-refractivity contribution in [2.75, 3.05) is 7.11 Å². The molecule has 86 valence electrons. The number of esters is 1. The zero-order valence-corrected chi connectivity index (χ0v) is 9.90. The fraction of sp³-hybridized carbons (Fsp3) is 0.929. The van der Waals surface area contributed by atoms with Crippen molar-refractivity contribution in [2.45, 2.75) is 26.2 Å². The summed E-state index contributed by atoms with van der Waals surface area (Å²) in [4.78, 5) is 11.9. The lowest BCUT2D eigenvalue weighted by molar-refractivity contribution is -0.644. The first-order valence-electron chi connectivity index (χ1n) is 6.86. The SMILES string of the molecule is CCCCC12C3C4C1C1C2C3C41C(=O)OC. The monoisotopic (exact) mass is 218 g/mol. The van der Waals surface area contributed by atoms with Gasteiger partial charge in [-0.05, 0) is 47.3 Å². The predicted octanol–water partition coefficient (Wildman–Crippen LogP) is 2.09. The molecule has 6 rings (SSSR count). The van der Waals surface area contributed by atoms with Gasteiger partial charge in [0, 0.05) is 0 Å². The van der Waals surface area contributed by atoms with Crippen molar-refractivity contribution in [1.29, 1.82) is 0 Å². The second-order valence-corrected chi connectivity index (χ2v) is 6.80. The van der Waals surface area contributed by atoms with E-state index in [-0.39, 0.29) is 11.4 Å². The molecule has 0 unspecified atom stereocenters. The van der Waals surface area contributed by atoms with Crippen molar-refractivity contribution < 1.29 is 9.53 Å². The van der Waals surface area contributed by atoms with Gasteiger partial charge < -0.3 is 4.74 Å². The maximum atomic E-state index is 11.9. The van der Waals surface area contributed by atoms with Crippen LogP contribution in [0.4, 0.5) is 0 Å². The maximum Gasteiger partial charge on any atom is 0.312 e. The third kappa shape index (κ3) is 0.399. The Morgan fingerprint density at radius 1 is 1.12 bits per heavy atom. The lowest BCUT2D eigenvalue weighted by Gasteiger charge is -3.10. The van der Waals surface area contributed by atoms with Crippen LogP contribution in [0.2, 0.25) is 0 Å². The van der Waals surface area contributed by atoms with Gasteiger partial charge in [-0.25, -0.2) is 0 Å². The van der Waals surface area contributed by atoms with Crippen LogP contribution in [-0.4, -0.2) is 13.1 Å². The standard InChI is InChI=1S/C14H18O2/c1-3-4-5-13-6-9-7(13)11-8(13)10(6)14(9,11)12(15)16-2/h6-11H,3-5H2,1-2H3. The average Bonchev–Trinajstić information content (AvgIpc) is 2.35. The van der Waals surface area contributed by atoms with E-state index in [2.05, 4.69) is 6.92 Å². The molecule has 0 atom stereocenters. The van der Waals surface area contributed by atoms with Crippen LogP contribution in [0.5, 0.6) is 0 Å². The Bertz CT molecular complexity index is 371. The molecule has 6 aliphatic carbocycles. The van der Waals surface area contributed by atoms with Crippen molar-refractivity contribution in [3.63, 3.8) is 0 Å². The van der Waals surface area contributed by atoms with Crippen LogP contribution in [0.25, 0.3) is 0 Å². The molecule has 0 aromatic carbocycles. The summed E-state index contributed by atoms with van der Waals surface area (Å²) in [6.45, 7) is 2.29. The van der Waals surface area contributed by atoms with E-state index in [4.69, 9.17) is 4.74 Å². The topological polar surface area (TPSA) is 26.3 Å². The van der Waals surface area contributed by atoms with Crippen molar-refractivity contribution in [3.8, 4) is 0 Å². The molecule has 6 fully saturated rings. The highest BCUT2D eigenvalue weighted by molar-refractivity contribution is 5.88. The van der Waals surface area contributed by atoms with Gasteiger partial charge in [0.2, 0.25) is 0 Å². The molecule has 0 amide bonds. The van der Waals surface area contributed by atoms with Crippen LogP contribution in [0.3, 0.4) is 0 Å². The van der Waals surface area contributed by atoms with Crippen LogP contribution < -0.4 is 0 Å². The van der Waals surface area contributed by atoms with Gasteiger partial charge in [0.15, 0.2) is 0 Å². The molecule has 2 heteroatoms. The lowest BCUT2D eigenvalue weighted by Crippen LogP contribution is -3.10. The number of carbonyl (C=O) groups excluding carboxylic acids is 1. The smallest absolute Gasteiger partial charge is 0.312 e. The predicted molar refractivity (Wildman–Crippen MR) is 57.3 cm³/mol. The van der Waals surface area contributed by atoms with E-state index in [1.165, 1.54) is 19.3 Å². The fourth-order valence-electron chi connectivity index (χ4n) is 7.32. The molecular formula is C14H18O2. The van der Waals surface area contributed by atoms with E-state index in [0.717, 1.165) is 40.9 Å². The van der Waals surface area contributed by atoms with Crippen LogP contribution in [-0.2, 0) is 9.53 Å². The Labute approximate surface area is 95.7 Å². The highest BCUT2D eigenvalue weighted by Crippen LogP contribution is 3.11. The van der Waals surface area contributed by atoms with Crippen molar-refractivity contribution in [2.24, 2.45) is 46.3 Å². The van der Waals surface area contributed by atoms with Gasteiger partial charge in [0.05, 0.1) is 12.5 Å². The molecule has 0 bridgehead atoms. The van der Waals surface area contributed by atoms with E-state index in [1.807, 2.05) is 0 Å². The summed E-state index contributed by atoms with van der Waals surface area (Å²) in [6, 6.07) is 0. The number of ether oxygens (including phenoxy) is 1. The fourth-order valence-corrected chi connectivity index (χ4v) is 7.32. The number of hydrogen-bond donors (Lipinski definition) is 0. The molecule has 0 aromatic heterocycles. The molecule has 0 spiro atoms. The molecular weight excluding hydrogens is 200 g/mol. The molecule has 6 saturated carbocycles. The molecule has 6 aliphatic rings. The summed E-state index contributed by atoms with van der Waals surface area (Å²) in [5.74, 6) is 5.33. The van der Waals surface area contributed by atoms with E-state index in [0.29, 0.717) is 0 Å². The third-order valence-corrected chi connectivity index (χ3v) is 7.34. The highest BCUT2D eigenvalue weighted by atomic mass is 16.5. The summed E-state index contributed by atoms with van der Waals surface area (Å²) in [5.41, 5.74) is 0.856. The largest absolute Gasteiger partial charge is 0.469 e. The Morgan fingerprint density at radius 2 is 1.69 bits per heavy atom. The summed E-state index contributed by atoms with van der Waals surface area (Å²) < 4.78 is 5.03. The average molecular weight is 218 g/mol. The Balaban J connectivity index is 1.44. The van der Waals surface area contributed by atoms with Crippen LogP contribution in [0.1, 0.15) is 26.2 Å². The number of carbonyl (C=O) groups is 1.